The molecule has 0 radical (unpaired) electrons. The first-order valence-corrected chi connectivity index (χ1v) is 9.34. The van der Waals surface area contributed by atoms with Gasteiger partial charge in [-0.25, -0.2) is 14.4 Å². The second-order valence-corrected chi connectivity index (χ2v) is 7.27. The summed E-state index contributed by atoms with van der Waals surface area (Å²) in [6.45, 7) is -2.15. The van der Waals surface area contributed by atoms with Crippen molar-refractivity contribution in [3.63, 3.8) is 0 Å². The van der Waals surface area contributed by atoms with Crippen LogP contribution in [0.15, 0.2) is 0 Å². The van der Waals surface area contributed by atoms with Crippen molar-refractivity contribution < 1.29 is 54.5 Å². The molecule has 3 aliphatic rings. The number of hydrogen-bond acceptors (Lipinski definition) is 11. The van der Waals surface area contributed by atoms with Crippen LogP contribution in [-0.2, 0) is 9.47 Å². The molecule has 3 fully saturated rings. The van der Waals surface area contributed by atoms with Crippen molar-refractivity contribution in [1.82, 2.24) is 29.4 Å². The average Bonchev–Trinajstić information content (AvgIpc) is 3.18. The first-order chi connectivity index (χ1) is 15.1. The minimum atomic E-state index is -1.88. The molecule has 3 rings (SSSR count). The number of amides is 6. The highest BCUT2D eigenvalue weighted by Crippen LogP contribution is 2.27. The van der Waals surface area contributed by atoms with Crippen molar-refractivity contribution in [3.8, 4) is 0 Å². The Morgan fingerprint density at radius 1 is 0.531 bits per heavy atom. The molecule has 6 N–H and O–H groups in total. The Balaban J connectivity index is 1.73. The molecule has 0 bridgehead atoms. The number of methoxy groups -OCH3 is 2. The van der Waals surface area contributed by atoms with E-state index < -0.39 is 68.8 Å². The van der Waals surface area contributed by atoms with Crippen LogP contribution in [0, 0.1) is 0 Å². The van der Waals surface area contributed by atoms with Gasteiger partial charge in [-0.15, -0.1) is 0 Å². The van der Waals surface area contributed by atoms with Crippen LogP contribution in [0.25, 0.3) is 0 Å². The van der Waals surface area contributed by atoms with E-state index in [9.17, 15) is 45.0 Å². The summed E-state index contributed by atoms with van der Waals surface area (Å²) in [6, 6.07) is -2.85. The fourth-order valence-electron chi connectivity index (χ4n) is 3.59. The SMILES string of the molecule is COCN1C(=O)N(CN2C(=O)N(CN3C(=O)N(COC)C(O)C3O)C(O)C2O)C(O)C1O. The number of rotatable bonds is 8. The third-order valence-electron chi connectivity index (χ3n) is 5.34. The van der Waals surface area contributed by atoms with Gasteiger partial charge in [0.15, 0.2) is 37.4 Å². The molecule has 0 spiro atoms. The molecule has 6 atom stereocenters. The molecule has 3 aliphatic heterocycles. The summed E-state index contributed by atoms with van der Waals surface area (Å²) in [7, 11) is 2.52. The van der Waals surface area contributed by atoms with Crippen LogP contribution >= 0.6 is 0 Å². The van der Waals surface area contributed by atoms with Crippen molar-refractivity contribution in [1.29, 1.82) is 0 Å². The highest BCUT2D eigenvalue weighted by Gasteiger charge is 2.52. The molecule has 32 heavy (non-hydrogen) atoms. The van der Waals surface area contributed by atoms with E-state index in [-0.39, 0.29) is 13.5 Å². The smallest absolute Gasteiger partial charge is 0.327 e. The Morgan fingerprint density at radius 3 is 1.00 bits per heavy atom. The Morgan fingerprint density at radius 2 is 0.750 bits per heavy atom. The van der Waals surface area contributed by atoms with Crippen molar-refractivity contribution >= 4 is 18.1 Å². The Labute approximate surface area is 181 Å². The minimum Gasteiger partial charge on any atom is -0.369 e. The summed E-state index contributed by atoms with van der Waals surface area (Å²) in [5.74, 6) is 0. The molecule has 6 amide bonds. The molecule has 0 saturated carbocycles. The van der Waals surface area contributed by atoms with Gasteiger partial charge in [0.05, 0.1) is 0 Å². The molecule has 6 unspecified atom stereocenters. The van der Waals surface area contributed by atoms with Gasteiger partial charge in [-0.05, 0) is 0 Å². The molecular weight excluding hydrogens is 440 g/mol. The zero-order valence-corrected chi connectivity index (χ0v) is 17.2. The third-order valence-corrected chi connectivity index (χ3v) is 5.34. The van der Waals surface area contributed by atoms with Gasteiger partial charge in [0.25, 0.3) is 0 Å². The third kappa shape index (κ3) is 3.77. The fourth-order valence-corrected chi connectivity index (χ4v) is 3.59. The summed E-state index contributed by atoms with van der Waals surface area (Å²) in [4.78, 5) is 41.7. The van der Waals surface area contributed by atoms with E-state index in [0.717, 1.165) is 9.80 Å². The molecule has 0 aromatic heterocycles. The number of nitrogens with zero attached hydrogens (tertiary/aromatic N) is 6. The van der Waals surface area contributed by atoms with E-state index in [1.165, 1.54) is 14.2 Å². The van der Waals surface area contributed by atoms with E-state index in [2.05, 4.69) is 0 Å². The maximum Gasteiger partial charge on any atom is 0.327 e. The summed E-state index contributed by atoms with van der Waals surface area (Å²) in [5, 5.41) is 60.8. The highest BCUT2D eigenvalue weighted by atomic mass is 16.5. The quantitative estimate of drug-likeness (QED) is 0.200. The van der Waals surface area contributed by atoms with Crippen molar-refractivity contribution in [2.24, 2.45) is 0 Å². The molecule has 0 aromatic carbocycles. The first kappa shape index (κ1) is 24.1. The van der Waals surface area contributed by atoms with Crippen LogP contribution in [0.1, 0.15) is 0 Å². The van der Waals surface area contributed by atoms with Gasteiger partial charge < -0.3 is 40.1 Å². The number of aliphatic hydroxyl groups excluding tert-OH is 6. The van der Waals surface area contributed by atoms with Gasteiger partial charge in [0.2, 0.25) is 0 Å². The summed E-state index contributed by atoms with van der Waals surface area (Å²) in [6.07, 6.45) is -10.6. The normalized spacial score (nSPS) is 33.6. The summed E-state index contributed by atoms with van der Waals surface area (Å²) >= 11 is 0. The average molecular weight is 466 g/mol. The number of aliphatic hydroxyl groups is 6. The standard InChI is InChI=1S/C15H26N6O11/c1-31-5-20-11(26)9(24)18(14(20)29)3-16-7(22)8(23)17(13(16)28)4-19-10(25)12(27)21(6-32-2)15(19)30/h7-12,22-27H,3-6H2,1-2H3. The van der Waals surface area contributed by atoms with Crippen LogP contribution in [0.4, 0.5) is 14.4 Å². The van der Waals surface area contributed by atoms with Crippen LogP contribution in [-0.4, -0.2) is 157 Å². The topological polar surface area (TPSA) is 210 Å². The van der Waals surface area contributed by atoms with E-state index in [1.54, 1.807) is 0 Å². The molecular formula is C15H26N6O11. The Kier molecular flexibility index (Phi) is 6.91. The lowest BCUT2D eigenvalue weighted by Gasteiger charge is -2.28. The highest BCUT2D eigenvalue weighted by molar-refractivity contribution is 5.81. The maximum absolute atomic E-state index is 12.8. The van der Waals surface area contributed by atoms with Gasteiger partial charge in [0.1, 0.15) is 26.8 Å². The van der Waals surface area contributed by atoms with Gasteiger partial charge in [-0.3, -0.25) is 29.4 Å². The minimum absolute atomic E-state index is 0.353. The molecule has 0 aromatic rings. The lowest BCUT2D eigenvalue weighted by molar-refractivity contribution is -0.113. The van der Waals surface area contributed by atoms with Crippen LogP contribution in [0.2, 0.25) is 0 Å². The van der Waals surface area contributed by atoms with Crippen molar-refractivity contribution in [2.45, 2.75) is 37.4 Å². The van der Waals surface area contributed by atoms with Crippen LogP contribution in [0.3, 0.4) is 0 Å². The number of carbonyl (C=O) groups is 3. The number of ether oxygens (including phenoxy) is 2. The Bertz CT molecular complexity index is 687. The predicted molar refractivity (Wildman–Crippen MR) is 96.7 cm³/mol. The van der Waals surface area contributed by atoms with Crippen molar-refractivity contribution in [2.75, 3.05) is 41.0 Å². The zero-order valence-electron chi connectivity index (χ0n) is 17.2. The van der Waals surface area contributed by atoms with Gasteiger partial charge in [0, 0.05) is 14.2 Å². The maximum atomic E-state index is 12.8. The van der Waals surface area contributed by atoms with E-state index >= 15 is 0 Å². The van der Waals surface area contributed by atoms with Gasteiger partial charge in [-0.1, -0.05) is 0 Å². The number of hydrogen-bond donors (Lipinski definition) is 6. The lowest BCUT2D eigenvalue weighted by atomic mass is 10.4. The molecule has 17 heteroatoms. The second-order valence-electron chi connectivity index (χ2n) is 7.27. The van der Waals surface area contributed by atoms with Gasteiger partial charge in [-0.2, -0.15) is 0 Å². The summed E-state index contributed by atoms with van der Waals surface area (Å²) in [5.41, 5.74) is 0. The first-order valence-electron chi connectivity index (χ1n) is 9.34. The van der Waals surface area contributed by atoms with Crippen molar-refractivity contribution in [3.05, 3.63) is 0 Å². The summed E-state index contributed by atoms with van der Waals surface area (Å²) < 4.78 is 9.55. The monoisotopic (exact) mass is 466 g/mol. The van der Waals surface area contributed by atoms with Gasteiger partial charge >= 0.3 is 18.1 Å². The molecule has 182 valence electrons. The predicted octanol–water partition coefficient (Wildman–Crippen LogP) is -4.77. The van der Waals surface area contributed by atoms with Crippen LogP contribution in [0.5, 0.6) is 0 Å². The van der Waals surface area contributed by atoms with Crippen LogP contribution < -0.4 is 0 Å². The molecule has 3 saturated heterocycles. The lowest BCUT2D eigenvalue weighted by Crippen LogP contribution is -2.49. The largest absolute Gasteiger partial charge is 0.369 e. The second kappa shape index (κ2) is 9.16. The molecule has 3 heterocycles. The molecule has 17 nitrogen and oxygen atoms in total. The number of urea groups is 3. The van der Waals surface area contributed by atoms with E-state index in [0.29, 0.717) is 19.6 Å². The van der Waals surface area contributed by atoms with E-state index in [1.807, 2.05) is 0 Å². The number of carbonyl (C=O) groups excluding carboxylic acids is 3. The molecule has 0 aliphatic carbocycles. The van der Waals surface area contributed by atoms with E-state index in [4.69, 9.17) is 9.47 Å². The zero-order chi connectivity index (χ0) is 23.9. The fraction of sp³-hybridized carbons (Fsp3) is 0.800. The Hall–Kier alpha value is -2.51.